The zero-order chi connectivity index (χ0) is 17.6. The van der Waals surface area contributed by atoms with E-state index in [4.69, 9.17) is 0 Å². The zero-order valence-electron chi connectivity index (χ0n) is 13.7. The zero-order valence-corrected chi connectivity index (χ0v) is 15.3. The largest absolute Gasteiger partial charge is 0.481 e. The first-order valence-electron chi connectivity index (χ1n) is 7.98. The molecule has 126 valence electrons. The molecule has 0 aliphatic carbocycles. The van der Waals surface area contributed by atoms with Gasteiger partial charge in [-0.2, -0.15) is 0 Å². The average Bonchev–Trinajstić information content (AvgIpc) is 2.62. The van der Waals surface area contributed by atoms with Crippen LogP contribution in [0.1, 0.15) is 47.7 Å². The van der Waals surface area contributed by atoms with Crippen LogP contribution in [0.3, 0.4) is 0 Å². The number of carboxylic acid groups (broad SMARTS) is 1. The van der Waals surface area contributed by atoms with Crippen molar-refractivity contribution >= 4 is 27.7 Å². The van der Waals surface area contributed by atoms with Crippen LogP contribution in [0.2, 0.25) is 0 Å². The van der Waals surface area contributed by atoms with Gasteiger partial charge in [0.2, 0.25) is 0 Å². The minimum Gasteiger partial charge on any atom is -0.481 e. The summed E-state index contributed by atoms with van der Waals surface area (Å²) in [6.45, 7) is 1.73. The lowest BCUT2D eigenvalue weighted by atomic mass is 9.77. The summed E-state index contributed by atoms with van der Waals surface area (Å²) in [5.41, 5.74) is 0.804. The number of alkyl halides is 1. The van der Waals surface area contributed by atoms with E-state index >= 15 is 0 Å². The van der Waals surface area contributed by atoms with Gasteiger partial charge in [-0.15, -0.1) is 0 Å². The van der Waals surface area contributed by atoms with Crippen LogP contribution in [0.5, 0.6) is 0 Å². The number of unbranched alkanes of at least 4 members (excludes halogenated alkanes) is 1. The second-order valence-corrected chi connectivity index (χ2v) is 6.85. The maximum absolute atomic E-state index is 12.6. The van der Waals surface area contributed by atoms with Crippen molar-refractivity contribution in [1.29, 1.82) is 0 Å². The van der Waals surface area contributed by atoms with Gasteiger partial charge in [0.1, 0.15) is 0 Å². The van der Waals surface area contributed by atoms with Gasteiger partial charge >= 0.3 is 5.97 Å². The Balaban J connectivity index is 2.33. The van der Waals surface area contributed by atoms with E-state index in [1.165, 1.54) is 0 Å². The summed E-state index contributed by atoms with van der Waals surface area (Å²) in [5.74, 6) is -0.952. The summed E-state index contributed by atoms with van der Waals surface area (Å²) < 4.78 is 0. The van der Waals surface area contributed by atoms with Gasteiger partial charge < -0.3 is 5.11 Å². The molecule has 0 saturated heterocycles. The van der Waals surface area contributed by atoms with Gasteiger partial charge in [-0.25, -0.2) is 0 Å². The third-order valence-corrected chi connectivity index (χ3v) is 4.89. The Kier molecular flexibility index (Phi) is 6.32. The van der Waals surface area contributed by atoms with Crippen molar-refractivity contribution in [2.45, 2.75) is 31.6 Å². The van der Waals surface area contributed by atoms with Crippen LogP contribution in [0.15, 0.2) is 54.6 Å². The van der Waals surface area contributed by atoms with E-state index in [1.54, 1.807) is 43.3 Å². The summed E-state index contributed by atoms with van der Waals surface area (Å²) in [7, 11) is 0. The number of carbonyl (C=O) groups is 2. The lowest BCUT2D eigenvalue weighted by Gasteiger charge is -2.25. The number of aliphatic carboxylic acids is 1. The predicted molar refractivity (Wildman–Crippen MR) is 98.9 cm³/mol. The molecule has 0 radical (unpaired) electrons. The minimum atomic E-state index is -0.991. The Labute approximate surface area is 150 Å². The number of halogens is 1. The number of hydrogen-bond donors (Lipinski definition) is 1. The lowest BCUT2D eigenvalue weighted by molar-refractivity contribution is -0.143. The third-order valence-electron chi connectivity index (χ3n) is 4.33. The Bertz CT molecular complexity index is 712. The van der Waals surface area contributed by atoms with Crippen molar-refractivity contribution in [2.24, 2.45) is 0 Å². The molecule has 0 spiro atoms. The van der Waals surface area contributed by atoms with E-state index in [9.17, 15) is 14.7 Å². The van der Waals surface area contributed by atoms with Gasteiger partial charge in [0.15, 0.2) is 5.78 Å². The Morgan fingerprint density at radius 1 is 1.00 bits per heavy atom. The van der Waals surface area contributed by atoms with Crippen molar-refractivity contribution < 1.29 is 14.7 Å². The van der Waals surface area contributed by atoms with E-state index in [2.05, 4.69) is 15.9 Å². The molecule has 1 unspecified atom stereocenters. The molecule has 4 heteroatoms. The molecule has 0 saturated carbocycles. The molecule has 0 bridgehead atoms. The lowest BCUT2D eigenvalue weighted by Crippen LogP contribution is -2.32. The molecule has 0 aliphatic heterocycles. The smallest absolute Gasteiger partial charge is 0.313 e. The van der Waals surface area contributed by atoms with Crippen molar-refractivity contribution in [3.05, 3.63) is 71.3 Å². The molecule has 0 aromatic heterocycles. The normalized spacial score (nSPS) is 13.2. The SMILES string of the molecule is CC(CCCCBr)(C(=O)O)c1cccc(C(=O)c2ccccc2)c1. The van der Waals surface area contributed by atoms with Crippen LogP contribution in [0, 0.1) is 0 Å². The van der Waals surface area contributed by atoms with E-state index in [0.717, 1.165) is 18.2 Å². The molecule has 3 nitrogen and oxygen atoms in total. The van der Waals surface area contributed by atoms with Crippen molar-refractivity contribution in [3.8, 4) is 0 Å². The number of carboxylic acids is 1. The molecule has 1 N–H and O–H groups in total. The fraction of sp³-hybridized carbons (Fsp3) is 0.300. The fourth-order valence-electron chi connectivity index (χ4n) is 2.71. The van der Waals surface area contributed by atoms with Gasteiger partial charge in [-0.1, -0.05) is 70.9 Å². The van der Waals surface area contributed by atoms with Crippen molar-refractivity contribution in [2.75, 3.05) is 5.33 Å². The van der Waals surface area contributed by atoms with Crippen LogP contribution >= 0.6 is 15.9 Å². The first-order chi connectivity index (χ1) is 11.5. The summed E-state index contributed by atoms with van der Waals surface area (Å²) in [6, 6.07) is 16.0. The van der Waals surface area contributed by atoms with Gasteiger partial charge in [0.25, 0.3) is 0 Å². The first kappa shape index (κ1) is 18.4. The van der Waals surface area contributed by atoms with Gasteiger partial charge in [0, 0.05) is 16.5 Å². The average molecular weight is 389 g/mol. The quantitative estimate of drug-likeness (QED) is 0.400. The van der Waals surface area contributed by atoms with E-state index in [-0.39, 0.29) is 5.78 Å². The summed E-state index contributed by atoms with van der Waals surface area (Å²) in [4.78, 5) is 24.5. The number of carbonyl (C=O) groups excluding carboxylic acids is 1. The minimum absolute atomic E-state index is 0.0920. The summed E-state index contributed by atoms with van der Waals surface area (Å²) >= 11 is 3.37. The molecule has 0 heterocycles. The number of benzene rings is 2. The first-order valence-corrected chi connectivity index (χ1v) is 9.11. The van der Waals surface area contributed by atoms with Crippen LogP contribution in [0.25, 0.3) is 0 Å². The summed E-state index contributed by atoms with van der Waals surface area (Å²) in [6.07, 6.45) is 2.27. The Morgan fingerprint density at radius 3 is 2.29 bits per heavy atom. The molecular formula is C20H21BrO3. The van der Waals surface area contributed by atoms with Crippen LogP contribution in [-0.4, -0.2) is 22.2 Å². The van der Waals surface area contributed by atoms with E-state index in [1.807, 2.05) is 18.2 Å². The molecule has 0 amide bonds. The highest BCUT2D eigenvalue weighted by Gasteiger charge is 2.34. The van der Waals surface area contributed by atoms with Crippen molar-refractivity contribution in [3.63, 3.8) is 0 Å². The third kappa shape index (κ3) is 4.12. The molecule has 24 heavy (non-hydrogen) atoms. The highest BCUT2D eigenvalue weighted by atomic mass is 79.9. The van der Waals surface area contributed by atoms with E-state index < -0.39 is 11.4 Å². The topological polar surface area (TPSA) is 54.4 Å². The van der Waals surface area contributed by atoms with Crippen LogP contribution < -0.4 is 0 Å². The van der Waals surface area contributed by atoms with Gasteiger partial charge in [0.05, 0.1) is 5.41 Å². The van der Waals surface area contributed by atoms with Gasteiger partial charge in [-0.05, 0) is 31.4 Å². The molecule has 2 rings (SSSR count). The second kappa shape index (κ2) is 8.25. The van der Waals surface area contributed by atoms with Gasteiger partial charge in [-0.3, -0.25) is 9.59 Å². The number of hydrogen-bond acceptors (Lipinski definition) is 2. The molecule has 0 aliphatic rings. The molecule has 0 fully saturated rings. The maximum atomic E-state index is 12.6. The Morgan fingerprint density at radius 2 is 1.67 bits per heavy atom. The van der Waals surface area contributed by atoms with Crippen molar-refractivity contribution in [1.82, 2.24) is 0 Å². The second-order valence-electron chi connectivity index (χ2n) is 6.06. The molecule has 2 aromatic rings. The number of rotatable bonds is 8. The summed E-state index contributed by atoms with van der Waals surface area (Å²) in [5, 5.41) is 10.6. The van der Waals surface area contributed by atoms with Crippen LogP contribution in [0.4, 0.5) is 0 Å². The number of ketones is 1. The predicted octanol–water partition coefficient (Wildman–Crippen LogP) is 4.83. The molecular weight excluding hydrogens is 368 g/mol. The highest BCUT2D eigenvalue weighted by molar-refractivity contribution is 9.09. The maximum Gasteiger partial charge on any atom is 0.313 e. The molecule has 2 aromatic carbocycles. The van der Waals surface area contributed by atoms with E-state index in [0.29, 0.717) is 23.1 Å². The fourth-order valence-corrected chi connectivity index (χ4v) is 3.10. The highest BCUT2D eigenvalue weighted by Crippen LogP contribution is 2.31. The monoisotopic (exact) mass is 388 g/mol. The molecule has 1 atom stereocenters. The standard InChI is InChI=1S/C20H21BrO3/c1-20(19(23)24,12-5-6-13-21)17-11-7-10-16(14-17)18(22)15-8-3-2-4-9-15/h2-4,7-11,14H,5-6,12-13H2,1H3,(H,23,24). The van der Waals surface area contributed by atoms with Crippen LogP contribution in [-0.2, 0) is 10.2 Å². The Hall–Kier alpha value is -1.94.